The molecule has 0 bridgehead atoms. The second-order valence-electron chi connectivity index (χ2n) is 6.51. The van der Waals surface area contributed by atoms with Crippen molar-refractivity contribution in [2.24, 2.45) is 0 Å². The van der Waals surface area contributed by atoms with E-state index in [1.165, 1.54) is 22.9 Å². The summed E-state index contributed by atoms with van der Waals surface area (Å²) in [6, 6.07) is 10.1. The number of aromatic nitrogens is 4. The molecule has 3 aromatic rings. The lowest BCUT2D eigenvalue weighted by Crippen LogP contribution is -2.30. The van der Waals surface area contributed by atoms with Crippen molar-refractivity contribution in [3.8, 4) is 11.4 Å². The maximum atomic E-state index is 12.8. The molecule has 1 aliphatic rings. The molecule has 7 heteroatoms. The first-order valence-electron chi connectivity index (χ1n) is 9.03. The Labute approximate surface area is 162 Å². The summed E-state index contributed by atoms with van der Waals surface area (Å²) >= 11 is 1.44. The third-order valence-electron chi connectivity index (χ3n) is 4.71. The third-order valence-corrected chi connectivity index (χ3v) is 5.66. The number of anilines is 1. The van der Waals surface area contributed by atoms with E-state index in [0.29, 0.717) is 5.75 Å². The number of amides is 1. The summed E-state index contributed by atoms with van der Waals surface area (Å²) < 4.78 is 2.02. The van der Waals surface area contributed by atoms with Crippen molar-refractivity contribution in [2.75, 3.05) is 17.2 Å². The first-order chi connectivity index (χ1) is 13.2. The standard InChI is InChI=1S/C20H21N5OS/c1-3-24-19(16-5-4-9-21-12-16)22-23-20(24)27-13-18(26)25-10-8-15-11-14(2)6-7-17(15)25/h4-7,9,11-12H,3,8,10,13H2,1-2H3. The number of carbonyl (C=O) groups excluding carboxylic acids is 1. The van der Waals surface area contributed by atoms with Gasteiger partial charge in [-0.3, -0.25) is 9.78 Å². The quantitative estimate of drug-likeness (QED) is 0.636. The predicted octanol–water partition coefficient (Wildman–Crippen LogP) is 3.35. The van der Waals surface area contributed by atoms with E-state index in [-0.39, 0.29) is 5.91 Å². The molecule has 27 heavy (non-hydrogen) atoms. The van der Waals surface area contributed by atoms with Crippen molar-refractivity contribution in [1.82, 2.24) is 19.7 Å². The zero-order chi connectivity index (χ0) is 18.8. The lowest BCUT2D eigenvalue weighted by Gasteiger charge is -2.17. The molecule has 0 unspecified atom stereocenters. The highest BCUT2D eigenvalue weighted by Crippen LogP contribution is 2.30. The molecule has 2 aromatic heterocycles. The van der Waals surface area contributed by atoms with E-state index in [4.69, 9.17) is 0 Å². The number of thioether (sulfide) groups is 1. The Hall–Kier alpha value is -2.67. The van der Waals surface area contributed by atoms with Gasteiger partial charge in [0.05, 0.1) is 5.75 Å². The fourth-order valence-corrected chi connectivity index (χ4v) is 4.26. The van der Waals surface area contributed by atoms with Crippen LogP contribution in [0.15, 0.2) is 47.9 Å². The average Bonchev–Trinajstić information content (AvgIpc) is 3.30. The van der Waals surface area contributed by atoms with E-state index in [1.54, 1.807) is 12.4 Å². The van der Waals surface area contributed by atoms with Crippen LogP contribution in [0.1, 0.15) is 18.1 Å². The molecule has 4 rings (SSSR count). The maximum Gasteiger partial charge on any atom is 0.237 e. The molecule has 0 fully saturated rings. The fraction of sp³-hybridized carbons (Fsp3) is 0.300. The van der Waals surface area contributed by atoms with Crippen molar-refractivity contribution in [3.05, 3.63) is 53.9 Å². The van der Waals surface area contributed by atoms with Crippen LogP contribution < -0.4 is 4.90 Å². The largest absolute Gasteiger partial charge is 0.311 e. The lowest BCUT2D eigenvalue weighted by atomic mass is 10.1. The van der Waals surface area contributed by atoms with Crippen molar-refractivity contribution in [2.45, 2.75) is 32.0 Å². The average molecular weight is 379 g/mol. The van der Waals surface area contributed by atoms with Crippen LogP contribution in [-0.4, -0.2) is 38.0 Å². The SMILES string of the molecule is CCn1c(SCC(=O)N2CCc3cc(C)ccc32)nnc1-c1cccnc1. The monoisotopic (exact) mass is 379 g/mol. The predicted molar refractivity (Wildman–Crippen MR) is 107 cm³/mol. The van der Waals surface area contributed by atoms with Gasteiger partial charge in [-0.15, -0.1) is 10.2 Å². The van der Waals surface area contributed by atoms with Crippen LogP contribution in [0.2, 0.25) is 0 Å². The van der Waals surface area contributed by atoms with Gasteiger partial charge in [0, 0.05) is 36.7 Å². The smallest absolute Gasteiger partial charge is 0.237 e. The molecule has 1 amide bonds. The Morgan fingerprint density at radius 1 is 1.26 bits per heavy atom. The van der Waals surface area contributed by atoms with Crippen molar-refractivity contribution in [1.29, 1.82) is 0 Å². The van der Waals surface area contributed by atoms with E-state index in [1.807, 2.05) is 28.5 Å². The maximum absolute atomic E-state index is 12.8. The highest BCUT2D eigenvalue weighted by atomic mass is 32.2. The van der Waals surface area contributed by atoms with Crippen LogP contribution in [0.5, 0.6) is 0 Å². The topological polar surface area (TPSA) is 63.9 Å². The number of rotatable bonds is 5. The van der Waals surface area contributed by atoms with Gasteiger partial charge in [0.1, 0.15) is 0 Å². The summed E-state index contributed by atoms with van der Waals surface area (Å²) in [4.78, 5) is 18.8. The molecule has 0 aliphatic carbocycles. The van der Waals surface area contributed by atoms with E-state index in [9.17, 15) is 4.79 Å². The molecule has 0 spiro atoms. The summed E-state index contributed by atoms with van der Waals surface area (Å²) in [5, 5.41) is 9.36. The lowest BCUT2D eigenvalue weighted by molar-refractivity contribution is -0.116. The van der Waals surface area contributed by atoms with Crippen molar-refractivity contribution < 1.29 is 4.79 Å². The van der Waals surface area contributed by atoms with Crippen LogP contribution in [0, 0.1) is 6.92 Å². The van der Waals surface area contributed by atoms with Gasteiger partial charge in [-0.25, -0.2) is 0 Å². The van der Waals surface area contributed by atoms with E-state index in [0.717, 1.165) is 41.7 Å². The number of fused-ring (bicyclic) bond motifs is 1. The molecular weight excluding hydrogens is 358 g/mol. The second-order valence-corrected chi connectivity index (χ2v) is 7.45. The summed E-state index contributed by atoms with van der Waals surface area (Å²) in [6.45, 7) is 5.62. The zero-order valence-corrected chi connectivity index (χ0v) is 16.2. The van der Waals surface area contributed by atoms with Gasteiger partial charge >= 0.3 is 0 Å². The molecule has 0 saturated carbocycles. The van der Waals surface area contributed by atoms with Gasteiger partial charge in [0.25, 0.3) is 0 Å². The number of benzene rings is 1. The molecular formula is C20H21N5OS. The van der Waals surface area contributed by atoms with E-state index in [2.05, 4.69) is 40.3 Å². The molecule has 0 atom stereocenters. The summed E-state index contributed by atoms with van der Waals surface area (Å²) in [7, 11) is 0. The Bertz CT molecular complexity index is 970. The minimum Gasteiger partial charge on any atom is -0.311 e. The molecule has 0 radical (unpaired) electrons. The molecule has 6 nitrogen and oxygen atoms in total. The van der Waals surface area contributed by atoms with Crippen LogP contribution in [0.25, 0.3) is 11.4 Å². The molecule has 138 valence electrons. The van der Waals surface area contributed by atoms with Crippen LogP contribution in [0.4, 0.5) is 5.69 Å². The third kappa shape index (κ3) is 3.47. The highest BCUT2D eigenvalue weighted by molar-refractivity contribution is 7.99. The number of hydrogen-bond acceptors (Lipinski definition) is 5. The number of aryl methyl sites for hydroxylation is 1. The van der Waals surface area contributed by atoms with E-state index >= 15 is 0 Å². The van der Waals surface area contributed by atoms with Crippen molar-refractivity contribution >= 4 is 23.4 Å². The highest BCUT2D eigenvalue weighted by Gasteiger charge is 2.25. The Kier molecular flexibility index (Phi) is 4.94. The molecule has 1 aliphatic heterocycles. The number of hydrogen-bond donors (Lipinski definition) is 0. The minimum atomic E-state index is 0.108. The summed E-state index contributed by atoms with van der Waals surface area (Å²) in [5.74, 6) is 1.23. The first-order valence-corrected chi connectivity index (χ1v) is 10.0. The van der Waals surface area contributed by atoms with Gasteiger partial charge in [-0.1, -0.05) is 29.5 Å². The number of carbonyl (C=O) groups is 1. The first kappa shape index (κ1) is 17.7. The Morgan fingerprint density at radius 2 is 2.15 bits per heavy atom. The Morgan fingerprint density at radius 3 is 2.93 bits per heavy atom. The Balaban J connectivity index is 1.49. The number of nitrogens with zero attached hydrogens (tertiary/aromatic N) is 5. The second kappa shape index (κ2) is 7.52. The van der Waals surface area contributed by atoms with Gasteiger partial charge in [0.2, 0.25) is 5.91 Å². The molecule has 0 saturated heterocycles. The van der Waals surface area contributed by atoms with Gasteiger partial charge < -0.3 is 9.47 Å². The molecule has 3 heterocycles. The normalized spacial score (nSPS) is 13.0. The van der Waals surface area contributed by atoms with Gasteiger partial charge in [-0.05, 0) is 44.0 Å². The zero-order valence-electron chi connectivity index (χ0n) is 15.4. The minimum absolute atomic E-state index is 0.108. The van der Waals surface area contributed by atoms with Crippen LogP contribution in [0.3, 0.4) is 0 Å². The van der Waals surface area contributed by atoms with Gasteiger partial charge in [0.15, 0.2) is 11.0 Å². The van der Waals surface area contributed by atoms with Gasteiger partial charge in [-0.2, -0.15) is 0 Å². The summed E-state index contributed by atoms with van der Waals surface area (Å²) in [6.07, 6.45) is 4.43. The number of pyridine rings is 1. The van der Waals surface area contributed by atoms with Crippen LogP contribution in [-0.2, 0) is 17.8 Å². The summed E-state index contributed by atoms with van der Waals surface area (Å²) in [5.41, 5.74) is 4.45. The van der Waals surface area contributed by atoms with Crippen LogP contribution >= 0.6 is 11.8 Å². The van der Waals surface area contributed by atoms with E-state index < -0.39 is 0 Å². The fourth-order valence-electron chi connectivity index (χ4n) is 3.38. The molecule has 1 aromatic carbocycles. The van der Waals surface area contributed by atoms with Crippen molar-refractivity contribution in [3.63, 3.8) is 0 Å². The molecule has 0 N–H and O–H groups in total.